The Bertz CT molecular complexity index is 539. The molecule has 1 saturated heterocycles. The van der Waals surface area contributed by atoms with Crippen molar-refractivity contribution in [2.45, 2.75) is 31.5 Å². The summed E-state index contributed by atoms with van der Waals surface area (Å²) in [6.07, 6.45) is 0.180. The maximum atomic E-state index is 11.7. The molecule has 0 aromatic heterocycles. The zero-order valence-corrected chi connectivity index (χ0v) is 11.9. The van der Waals surface area contributed by atoms with E-state index in [2.05, 4.69) is 11.3 Å². The van der Waals surface area contributed by atoms with E-state index in [1.165, 1.54) is 0 Å². The summed E-state index contributed by atoms with van der Waals surface area (Å²) in [5.41, 5.74) is -1.88. The van der Waals surface area contributed by atoms with Crippen molar-refractivity contribution in [3.63, 3.8) is 0 Å². The molecular formula is C14H16O8. The van der Waals surface area contributed by atoms with Gasteiger partial charge >= 0.3 is 23.9 Å². The van der Waals surface area contributed by atoms with Crippen molar-refractivity contribution in [1.82, 2.24) is 0 Å². The van der Waals surface area contributed by atoms with Gasteiger partial charge in [-0.05, 0) is 6.42 Å². The number of hydrogen-bond acceptors (Lipinski definition) is 7. The molecule has 2 rings (SSSR count). The van der Waals surface area contributed by atoms with E-state index in [0.29, 0.717) is 6.42 Å². The number of ether oxygens (including phenoxy) is 3. The van der Waals surface area contributed by atoms with Crippen LogP contribution in [0.25, 0.3) is 0 Å². The van der Waals surface area contributed by atoms with Gasteiger partial charge in [0.15, 0.2) is 12.7 Å². The lowest BCUT2D eigenvalue weighted by Crippen LogP contribution is -2.58. The van der Waals surface area contributed by atoms with Crippen LogP contribution >= 0.6 is 0 Å². The van der Waals surface area contributed by atoms with Crippen LogP contribution < -0.4 is 0 Å². The first-order valence-corrected chi connectivity index (χ1v) is 6.75. The molecule has 120 valence electrons. The van der Waals surface area contributed by atoms with Crippen LogP contribution in [0, 0.1) is 11.8 Å². The molecule has 1 N–H and O–H groups in total. The molecule has 8 nitrogen and oxygen atoms in total. The lowest BCUT2D eigenvalue weighted by molar-refractivity contribution is -0.213. The minimum atomic E-state index is -1.88. The first-order chi connectivity index (χ1) is 10.3. The maximum Gasteiger partial charge on any atom is 0.352 e. The highest BCUT2D eigenvalue weighted by Crippen LogP contribution is 2.49. The monoisotopic (exact) mass is 312 g/mol. The Morgan fingerprint density at radius 2 is 2.18 bits per heavy atom. The number of fused-ring (bicyclic) bond motifs is 2. The quantitative estimate of drug-likeness (QED) is 0.430. The molecule has 0 aromatic rings. The Morgan fingerprint density at radius 3 is 2.77 bits per heavy atom. The van der Waals surface area contributed by atoms with Gasteiger partial charge in [0.05, 0.1) is 6.42 Å². The van der Waals surface area contributed by atoms with Crippen LogP contribution in [0.2, 0.25) is 0 Å². The van der Waals surface area contributed by atoms with Crippen molar-refractivity contribution in [1.29, 1.82) is 0 Å². The van der Waals surface area contributed by atoms with E-state index in [-0.39, 0.29) is 6.42 Å². The average molecular weight is 312 g/mol. The summed E-state index contributed by atoms with van der Waals surface area (Å²) in [7, 11) is 0. The van der Waals surface area contributed by atoms with Gasteiger partial charge in [-0.3, -0.25) is 4.79 Å². The Morgan fingerprint density at radius 1 is 1.50 bits per heavy atom. The van der Waals surface area contributed by atoms with Crippen LogP contribution in [-0.2, 0) is 33.4 Å². The molecule has 2 fully saturated rings. The summed E-state index contributed by atoms with van der Waals surface area (Å²) >= 11 is 0. The van der Waals surface area contributed by atoms with Crippen LogP contribution in [0.5, 0.6) is 0 Å². The molecule has 4 unspecified atom stereocenters. The highest BCUT2D eigenvalue weighted by Gasteiger charge is 2.66. The predicted octanol–water partition coefficient (Wildman–Crippen LogP) is 0.0537. The SMILES string of the molecule is C=CC(=O)OCC(=O)OC1C2CC(=O)OC1(C(=O)O)C(C)C2. The number of rotatable bonds is 5. The molecule has 1 heterocycles. The largest absolute Gasteiger partial charge is 0.478 e. The molecule has 1 saturated carbocycles. The number of carboxylic acid groups (broad SMARTS) is 1. The second-order valence-corrected chi connectivity index (χ2v) is 5.40. The normalized spacial score (nSPS) is 32.8. The number of aliphatic carboxylic acids is 1. The van der Waals surface area contributed by atoms with Crippen molar-refractivity contribution in [3.8, 4) is 0 Å². The molecule has 2 bridgehead atoms. The van der Waals surface area contributed by atoms with Crippen LogP contribution in [-0.4, -0.2) is 47.3 Å². The van der Waals surface area contributed by atoms with Crippen molar-refractivity contribution in [3.05, 3.63) is 12.7 Å². The summed E-state index contributed by atoms with van der Waals surface area (Å²) in [4.78, 5) is 45.8. The first-order valence-electron chi connectivity index (χ1n) is 6.75. The van der Waals surface area contributed by atoms with Crippen LogP contribution in [0.4, 0.5) is 0 Å². The molecule has 4 atom stereocenters. The Hall–Kier alpha value is -2.38. The fourth-order valence-electron chi connectivity index (χ4n) is 3.10. The van der Waals surface area contributed by atoms with Gasteiger partial charge in [0.2, 0.25) is 5.60 Å². The average Bonchev–Trinajstić information content (AvgIpc) is 2.62. The van der Waals surface area contributed by atoms with Gasteiger partial charge in [0.25, 0.3) is 0 Å². The number of carboxylic acids is 1. The van der Waals surface area contributed by atoms with Gasteiger partial charge in [-0.25, -0.2) is 14.4 Å². The number of hydrogen-bond donors (Lipinski definition) is 1. The Balaban J connectivity index is 2.14. The molecule has 1 aliphatic carbocycles. The van der Waals surface area contributed by atoms with E-state index in [1.54, 1.807) is 6.92 Å². The van der Waals surface area contributed by atoms with E-state index >= 15 is 0 Å². The van der Waals surface area contributed by atoms with Gasteiger partial charge in [-0.2, -0.15) is 0 Å². The molecule has 0 radical (unpaired) electrons. The minimum absolute atomic E-state index is 0.0102. The highest BCUT2D eigenvalue weighted by molar-refractivity contribution is 5.87. The third-order valence-electron chi connectivity index (χ3n) is 4.04. The number of carbonyl (C=O) groups excluding carboxylic acids is 3. The summed E-state index contributed by atoms with van der Waals surface area (Å²) in [6, 6.07) is 0. The number of carbonyl (C=O) groups is 4. The van der Waals surface area contributed by atoms with Crippen molar-refractivity contribution < 1.29 is 38.5 Å². The zero-order valence-electron chi connectivity index (χ0n) is 11.9. The van der Waals surface area contributed by atoms with Crippen LogP contribution in [0.1, 0.15) is 19.8 Å². The first kappa shape index (κ1) is 16.0. The minimum Gasteiger partial charge on any atom is -0.478 e. The summed E-state index contributed by atoms with van der Waals surface area (Å²) in [6.45, 7) is 4.15. The molecule has 0 aromatic carbocycles. The standard InChI is InChI=1S/C14H16O8/c1-3-9(15)20-6-11(17)21-12-8-4-7(2)14(12,13(18)19)22-10(16)5-8/h3,7-8,12H,1,4-6H2,2H3,(H,18,19). The highest BCUT2D eigenvalue weighted by atomic mass is 16.6. The van der Waals surface area contributed by atoms with Gasteiger partial charge in [0.1, 0.15) is 0 Å². The van der Waals surface area contributed by atoms with E-state index in [4.69, 9.17) is 9.47 Å². The zero-order chi connectivity index (χ0) is 16.5. The van der Waals surface area contributed by atoms with E-state index < -0.39 is 54.0 Å². The molecule has 22 heavy (non-hydrogen) atoms. The van der Waals surface area contributed by atoms with Crippen LogP contribution in [0.15, 0.2) is 12.7 Å². The molecule has 0 amide bonds. The fourth-order valence-corrected chi connectivity index (χ4v) is 3.10. The Labute approximate surface area is 126 Å². The van der Waals surface area contributed by atoms with Crippen molar-refractivity contribution >= 4 is 23.9 Å². The maximum absolute atomic E-state index is 11.7. The van der Waals surface area contributed by atoms with Gasteiger partial charge in [-0.1, -0.05) is 13.5 Å². The lowest BCUT2D eigenvalue weighted by atomic mass is 9.87. The smallest absolute Gasteiger partial charge is 0.352 e. The third kappa shape index (κ3) is 2.56. The predicted molar refractivity (Wildman–Crippen MR) is 69.4 cm³/mol. The Kier molecular flexibility index (Phi) is 4.20. The van der Waals surface area contributed by atoms with Crippen molar-refractivity contribution in [2.24, 2.45) is 11.8 Å². The lowest BCUT2D eigenvalue weighted by Gasteiger charge is -2.37. The van der Waals surface area contributed by atoms with Crippen LogP contribution in [0.3, 0.4) is 0 Å². The molecule has 8 heteroatoms. The third-order valence-corrected chi connectivity index (χ3v) is 4.04. The van der Waals surface area contributed by atoms with Gasteiger partial charge < -0.3 is 19.3 Å². The summed E-state index contributed by atoms with van der Waals surface area (Å²) < 4.78 is 14.7. The summed E-state index contributed by atoms with van der Waals surface area (Å²) in [5, 5.41) is 9.48. The molecule has 1 aliphatic heterocycles. The molecule has 0 spiro atoms. The second kappa shape index (κ2) is 5.78. The molecule has 2 aliphatic rings. The van der Waals surface area contributed by atoms with E-state index in [0.717, 1.165) is 6.08 Å². The van der Waals surface area contributed by atoms with Gasteiger partial charge in [-0.15, -0.1) is 0 Å². The summed E-state index contributed by atoms with van der Waals surface area (Å²) in [5.74, 6) is -4.58. The number of esters is 3. The fraction of sp³-hybridized carbons (Fsp3) is 0.571. The van der Waals surface area contributed by atoms with E-state index in [9.17, 15) is 24.3 Å². The topological polar surface area (TPSA) is 116 Å². The molecular weight excluding hydrogens is 296 g/mol. The van der Waals surface area contributed by atoms with E-state index in [1.807, 2.05) is 0 Å². The van der Waals surface area contributed by atoms with Crippen molar-refractivity contribution in [2.75, 3.05) is 6.61 Å². The van der Waals surface area contributed by atoms with Gasteiger partial charge in [0, 0.05) is 17.9 Å². The second-order valence-electron chi connectivity index (χ2n) is 5.40.